The molecule has 248 valence electrons. The number of carbonyl (C=O) groups is 2. The fourth-order valence-corrected chi connectivity index (χ4v) is 5.26. The van der Waals surface area contributed by atoms with Gasteiger partial charge in [0.2, 0.25) is 6.79 Å². The molecule has 0 saturated heterocycles. The van der Waals surface area contributed by atoms with Gasteiger partial charge in [0, 0.05) is 44.4 Å². The lowest BCUT2D eigenvalue weighted by Gasteiger charge is -2.27. The van der Waals surface area contributed by atoms with Crippen LogP contribution in [-0.4, -0.2) is 93.4 Å². The summed E-state index contributed by atoms with van der Waals surface area (Å²) >= 11 is 0. The van der Waals surface area contributed by atoms with E-state index in [4.69, 9.17) is 4.74 Å². The Hall–Kier alpha value is -3.74. The van der Waals surface area contributed by atoms with E-state index in [-0.39, 0.29) is 12.5 Å². The molecule has 0 radical (unpaired) electrons. The molecule has 0 fully saturated rings. The van der Waals surface area contributed by atoms with Crippen LogP contribution in [0.15, 0.2) is 49.1 Å². The molecule has 0 amide bonds. The second-order valence-corrected chi connectivity index (χ2v) is 11.2. The molecule has 2 heterocycles. The van der Waals surface area contributed by atoms with Crippen molar-refractivity contribution >= 4 is 12.1 Å². The molecular formula is C33H51N7O5. The van der Waals surface area contributed by atoms with E-state index >= 15 is 0 Å². The molecule has 2 N–H and O–H groups in total. The molecule has 45 heavy (non-hydrogen) atoms. The first-order chi connectivity index (χ1) is 21.9. The molecule has 12 nitrogen and oxygen atoms in total. The van der Waals surface area contributed by atoms with Crippen LogP contribution < -0.4 is 0 Å². The largest absolute Gasteiger partial charge is 0.510 e. The normalized spacial score (nSPS) is 12.2. The number of H-pyrrole nitrogens is 2. The molecule has 1 unspecified atom stereocenters. The maximum Gasteiger partial charge on any atom is 0.510 e. The van der Waals surface area contributed by atoms with Gasteiger partial charge in [-0.25, -0.2) is 14.8 Å². The van der Waals surface area contributed by atoms with Crippen LogP contribution in [-0.2, 0) is 38.6 Å². The van der Waals surface area contributed by atoms with E-state index in [2.05, 4.69) is 89.1 Å². The molecule has 0 saturated carbocycles. The topological polar surface area (TPSA) is 129 Å². The zero-order valence-corrected chi connectivity index (χ0v) is 27.4. The zero-order valence-electron chi connectivity index (χ0n) is 27.4. The molecule has 1 atom stereocenters. The minimum Gasteiger partial charge on any atom is -0.438 e. The monoisotopic (exact) mass is 625 g/mol. The number of hydrogen-bond donors (Lipinski definition) is 2. The minimum absolute atomic E-state index is 0.0728. The first-order valence-corrected chi connectivity index (χ1v) is 16.0. The summed E-state index contributed by atoms with van der Waals surface area (Å²) in [6, 6.07) is 8.74. The van der Waals surface area contributed by atoms with E-state index in [0.29, 0.717) is 13.1 Å². The van der Waals surface area contributed by atoms with Crippen molar-refractivity contribution in [2.24, 2.45) is 0 Å². The average Bonchev–Trinajstić information content (AvgIpc) is 3.77. The van der Waals surface area contributed by atoms with Crippen molar-refractivity contribution in [3.05, 3.63) is 71.8 Å². The van der Waals surface area contributed by atoms with Gasteiger partial charge in [-0.05, 0) is 69.9 Å². The fraction of sp³-hybridized carbons (Fsp3) is 0.576. The maximum absolute atomic E-state index is 12.3. The van der Waals surface area contributed by atoms with Crippen LogP contribution in [0.3, 0.4) is 0 Å². The third kappa shape index (κ3) is 13.4. The summed E-state index contributed by atoms with van der Waals surface area (Å²) in [5.74, 6) is 1.40. The number of hydrogen-bond acceptors (Lipinski definition) is 10. The van der Waals surface area contributed by atoms with E-state index in [1.807, 2.05) is 12.4 Å². The van der Waals surface area contributed by atoms with Crippen LogP contribution in [0, 0.1) is 0 Å². The number of rotatable bonds is 22. The Morgan fingerprint density at radius 3 is 2.04 bits per heavy atom. The number of benzene rings is 1. The number of carbonyl (C=O) groups excluding carboxylic acids is 2. The second kappa shape index (κ2) is 20.3. The molecule has 3 rings (SSSR count). The van der Waals surface area contributed by atoms with Crippen molar-refractivity contribution in [1.29, 1.82) is 0 Å². The van der Waals surface area contributed by atoms with Gasteiger partial charge >= 0.3 is 12.1 Å². The lowest BCUT2D eigenvalue weighted by molar-refractivity contribution is -0.153. The van der Waals surface area contributed by atoms with E-state index in [1.54, 1.807) is 12.4 Å². The van der Waals surface area contributed by atoms with Gasteiger partial charge in [-0.3, -0.25) is 14.6 Å². The summed E-state index contributed by atoms with van der Waals surface area (Å²) < 4.78 is 14.1. The summed E-state index contributed by atoms with van der Waals surface area (Å²) in [5.41, 5.74) is 2.37. The Kier molecular flexibility index (Phi) is 16.1. The number of nitrogens with one attached hydrogen (secondary N) is 2. The highest BCUT2D eigenvalue weighted by atomic mass is 16.8. The summed E-state index contributed by atoms with van der Waals surface area (Å²) in [6.07, 6.45) is 11.0. The zero-order chi connectivity index (χ0) is 32.3. The van der Waals surface area contributed by atoms with Gasteiger partial charge < -0.3 is 29.1 Å². The van der Waals surface area contributed by atoms with E-state index in [0.717, 1.165) is 76.6 Å². The molecular weight excluding hydrogens is 574 g/mol. The lowest BCUT2D eigenvalue weighted by Crippen LogP contribution is -2.30. The van der Waals surface area contributed by atoms with Crippen molar-refractivity contribution in [3.63, 3.8) is 0 Å². The smallest absolute Gasteiger partial charge is 0.438 e. The van der Waals surface area contributed by atoms with Gasteiger partial charge in [0.05, 0.1) is 26.1 Å². The van der Waals surface area contributed by atoms with Crippen LogP contribution in [0.2, 0.25) is 0 Å². The number of nitrogens with zero attached hydrogens (tertiary/aromatic N) is 5. The molecule has 0 aliphatic heterocycles. The van der Waals surface area contributed by atoms with E-state index in [1.165, 1.54) is 18.2 Å². The molecule has 3 aromatic rings. The molecule has 1 aromatic carbocycles. The Labute approximate surface area is 267 Å². The number of esters is 1. The van der Waals surface area contributed by atoms with Gasteiger partial charge in [-0.2, -0.15) is 0 Å². The highest BCUT2D eigenvalue weighted by molar-refractivity contribution is 5.69. The molecule has 0 spiro atoms. The first kappa shape index (κ1) is 35.7. The summed E-state index contributed by atoms with van der Waals surface area (Å²) in [4.78, 5) is 46.0. The van der Waals surface area contributed by atoms with Crippen LogP contribution >= 0.6 is 0 Å². The van der Waals surface area contributed by atoms with E-state index < -0.39 is 18.9 Å². The first-order valence-electron chi connectivity index (χ1n) is 16.0. The Bertz CT molecular complexity index is 1200. The van der Waals surface area contributed by atoms with Crippen LogP contribution in [0.5, 0.6) is 0 Å². The third-order valence-corrected chi connectivity index (χ3v) is 7.66. The highest BCUT2D eigenvalue weighted by Gasteiger charge is 2.20. The fourth-order valence-electron chi connectivity index (χ4n) is 5.26. The summed E-state index contributed by atoms with van der Waals surface area (Å²) in [6.45, 7) is 13.0. The van der Waals surface area contributed by atoms with Gasteiger partial charge in [-0.15, -0.1) is 0 Å². The Balaban J connectivity index is 1.60. The number of unbranched alkanes of at least 4 members (excludes halogenated alkanes) is 1. The SMILES string of the molecule is CCCN(CCC)CCCCN(CCC(=O)OCOC(=O)OC)Cc1ccc(CN(Cc2ncc[nH]2)C(C)c2ncc[nH]2)cc1. The minimum atomic E-state index is -0.882. The molecule has 0 aliphatic rings. The standard InChI is InChI=1S/C33H51N7O5/c1-5-18-38(19-6-2)20-7-8-21-39(22-13-31(41)44-26-45-33(42)43-4)23-28-9-11-29(12-10-28)24-40(25-30-34-14-15-35-30)27(3)32-36-16-17-37-32/h9-12,14-17,27H,5-8,13,18-26H2,1-4H3,(H,34,35)(H,36,37). The van der Waals surface area contributed by atoms with Crippen LogP contribution in [0.4, 0.5) is 4.79 Å². The van der Waals surface area contributed by atoms with Gasteiger partial charge in [0.1, 0.15) is 11.6 Å². The van der Waals surface area contributed by atoms with Crippen molar-refractivity contribution in [2.45, 2.75) is 78.6 Å². The molecule has 12 heteroatoms. The second-order valence-electron chi connectivity index (χ2n) is 11.2. The van der Waals surface area contributed by atoms with Crippen molar-refractivity contribution in [2.75, 3.05) is 46.6 Å². The lowest BCUT2D eigenvalue weighted by atomic mass is 10.1. The maximum atomic E-state index is 12.3. The van der Waals surface area contributed by atoms with Gasteiger partial charge in [0.25, 0.3) is 0 Å². The summed E-state index contributed by atoms with van der Waals surface area (Å²) in [5, 5.41) is 0. The highest BCUT2D eigenvalue weighted by Crippen LogP contribution is 2.22. The Morgan fingerprint density at radius 2 is 1.44 bits per heavy atom. The molecule has 0 bridgehead atoms. The van der Waals surface area contributed by atoms with Crippen molar-refractivity contribution in [3.8, 4) is 0 Å². The van der Waals surface area contributed by atoms with Crippen molar-refractivity contribution in [1.82, 2.24) is 34.6 Å². The summed E-state index contributed by atoms with van der Waals surface area (Å²) in [7, 11) is 1.21. The number of ether oxygens (including phenoxy) is 3. The van der Waals surface area contributed by atoms with Gasteiger partial charge in [-0.1, -0.05) is 38.1 Å². The number of imidazole rings is 2. The van der Waals surface area contributed by atoms with Crippen LogP contribution in [0.25, 0.3) is 0 Å². The number of aromatic amines is 2. The van der Waals surface area contributed by atoms with E-state index in [9.17, 15) is 9.59 Å². The predicted molar refractivity (Wildman–Crippen MR) is 172 cm³/mol. The van der Waals surface area contributed by atoms with Crippen molar-refractivity contribution < 1.29 is 23.8 Å². The predicted octanol–water partition coefficient (Wildman–Crippen LogP) is 5.27. The molecule has 0 aliphatic carbocycles. The average molecular weight is 626 g/mol. The third-order valence-electron chi connectivity index (χ3n) is 7.66. The Morgan fingerprint density at radius 1 is 0.800 bits per heavy atom. The quantitative estimate of drug-likeness (QED) is 0.0865. The van der Waals surface area contributed by atoms with Gasteiger partial charge in [0.15, 0.2) is 0 Å². The number of aromatic nitrogens is 4. The van der Waals surface area contributed by atoms with Crippen LogP contribution in [0.1, 0.15) is 81.7 Å². The molecule has 2 aromatic heterocycles. The number of methoxy groups -OCH3 is 1.